The molecule has 0 radical (unpaired) electrons. The van der Waals surface area contributed by atoms with Crippen molar-refractivity contribution in [1.82, 2.24) is 0 Å². The fourth-order valence-corrected chi connectivity index (χ4v) is 2.94. The lowest BCUT2D eigenvalue weighted by Gasteiger charge is -2.29. The summed E-state index contributed by atoms with van der Waals surface area (Å²) in [6.45, 7) is 9.06. The van der Waals surface area contributed by atoms with E-state index in [1.54, 1.807) is 20.8 Å². The predicted octanol–water partition coefficient (Wildman–Crippen LogP) is 3.77. The van der Waals surface area contributed by atoms with Crippen LogP contribution in [0.1, 0.15) is 56.7 Å². The van der Waals surface area contributed by atoms with Gasteiger partial charge in [0.25, 0.3) is 0 Å². The molecule has 0 heterocycles. The molecule has 0 unspecified atom stereocenters. The molecule has 0 saturated carbocycles. The van der Waals surface area contributed by atoms with Gasteiger partial charge in [0.05, 0.1) is 0 Å². The van der Waals surface area contributed by atoms with E-state index in [2.05, 4.69) is 0 Å². The first-order chi connectivity index (χ1) is 10.3. The third-order valence-corrected chi connectivity index (χ3v) is 4.35. The topological polar surface area (TPSA) is 51.2 Å². The fraction of sp³-hybridized carbons (Fsp3) is 0.526. The molecule has 0 bridgehead atoms. The molecule has 0 aliphatic rings. The van der Waals surface area contributed by atoms with Crippen LogP contribution in [0.3, 0.4) is 0 Å². The van der Waals surface area contributed by atoms with Gasteiger partial charge in [-0.05, 0) is 31.4 Å². The highest BCUT2D eigenvalue weighted by atomic mass is 16.2. The molecule has 0 aromatic heterocycles. The highest BCUT2D eigenvalue weighted by molar-refractivity contribution is 6.24. The van der Waals surface area contributed by atoms with Gasteiger partial charge < -0.3 is 0 Å². The minimum atomic E-state index is -1.50. The van der Waals surface area contributed by atoms with Gasteiger partial charge in [0.2, 0.25) is 0 Å². The van der Waals surface area contributed by atoms with Gasteiger partial charge in [-0.15, -0.1) is 0 Å². The zero-order chi connectivity index (χ0) is 16.9. The Bertz CT molecular complexity index is 544. The Labute approximate surface area is 133 Å². The minimum Gasteiger partial charge on any atom is -0.298 e. The highest BCUT2D eigenvalue weighted by Crippen LogP contribution is 2.32. The van der Waals surface area contributed by atoms with Crippen LogP contribution < -0.4 is 0 Å². The number of carbonyl (C=O) groups excluding carboxylic acids is 3. The molecule has 0 spiro atoms. The van der Waals surface area contributed by atoms with Crippen LogP contribution in [0.4, 0.5) is 0 Å². The van der Waals surface area contributed by atoms with Crippen molar-refractivity contribution in [3.8, 4) is 0 Å². The molecule has 22 heavy (non-hydrogen) atoms. The maximum atomic E-state index is 12.6. The van der Waals surface area contributed by atoms with Crippen molar-refractivity contribution in [1.29, 1.82) is 0 Å². The average molecular weight is 302 g/mol. The third-order valence-electron chi connectivity index (χ3n) is 4.35. The summed E-state index contributed by atoms with van der Waals surface area (Å²) in [6.07, 6.45) is 0.777. The van der Waals surface area contributed by atoms with Crippen LogP contribution in [0, 0.1) is 19.3 Å². The average Bonchev–Trinajstić information content (AvgIpc) is 2.53. The molecule has 0 N–H and O–H groups in total. The second-order valence-corrected chi connectivity index (χ2v) is 5.84. The lowest BCUT2D eigenvalue weighted by Crippen LogP contribution is -2.47. The molecule has 0 aliphatic carbocycles. The Morgan fingerprint density at radius 1 is 0.864 bits per heavy atom. The third kappa shape index (κ3) is 3.34. The summed E-state index contributed by atoms with van der Waals surface area (Å²) in [5, 5.41) is 0. The van der Waals surface area contributed by atoms with E-state index in [-0.39, 0.29) is 43.0 Å². The molecule has 3 nitrogen and oxygen atoms in total. The first-order valence-electron chi connectivity index (χ1n) is 7.99. The largest absolute Gasteiger partial charge is 0.298 e. The summed E-state index contributed by atoms with van der Waals surface area (Å²) >= 11 is 0. The molecule has 1 rings (SSSR count). The van der Waals surface area contributed by atoms with Crippen molar-refractivity contribution in [3.63, 3.8) is 0 Å². The molecule has 120 valence electrons. The molecule has 0 amide bonds. The SMILES string of the molecule is CCC(=O)C(Cc1cc(C)ccc1C)(C(=O)CC)C(=O)CC. The summed E-state index contributed by atoms with van der Waals surface area (Å²) < 4.78 is 0. The van der Waals surface area contributed by atoms with Crippen LogP contribution in [0.5, 0.6) is 0 Å². The zero-order valence-electron chi connectivity index (χ0n) is 14.3. The van der Waals surface area contributed by atoms with E-state index < -0.39 is 5.41 Å². The molecule has 1 aromatic rings. The lowest BCUT2D eigenvalue weighted by molar-refractivity contribution is -0.149. The van der Waals surface area contributed by atoms with Crippen LogP contribution in [-0.2, 0) is 20.8 Å². The van der Waals surface area contributed by atoms with Crippen molar-refractivity contribution in [2.45, 2.75) is 60.3 Å². The molecular formula is C19H26O3. The monoisotopic (exact) mass is 302 g/mol. The lowest BCUT2D eigenvalue weighted by atomic mass is 9.68. The van der Waals surface area contributed by atoms with Gasteiger partial charge in [0, 0.05) is 19.3 Å². The van der Waals surface area contributed by atoms with E-state index in [1.807, 2.05) is 32.0 Å². The van der Waals surface area contributed by atoms with E-state index in [0.717, 1.165) is 16.7 Å². The van der Waals surface area contributed by atoms with Gasteiger partial charge in [-0.25, -0.2) is 0 Å². The molecular weight excluding hydrogens is 276 g/mol. The fourth-order valence-electron chi connectivity index (χ4n) is 2.94. The van der Waals surface area contributed by atoms with Gasteiger partial charge in [-0.2, -0.15) is 0 Å². The second-order valence-electron chi connectivity index (χ2n) is 5.84. The van der Waals surface area contributed by atoms with Gasteiger partial charge in [-0.1, -0.05) is 44.5 Å². The predicted molar refractivity (Wildman–Crippen MR) is 87.9 cm³/mol. The van der Waals surface area contributed by atoms with Gasteiger partial charge >= 0.3 is 0 Å². The van der Waals surface area contributed by atoms with Gasteiger partial charge in [-0.3, -0.25) is 14.4 Å². The van der Waals surface area contributed by atoms with Crippen LogP contribution in [0.15, 0.2) is 18.2 Å². The first-order valence-corrected chi connectivity index (χ1v) is 7.99. The molecule has 0 fully saturated rings. The minimum absolute atomic E-state index is 0.187. The zero-order valence-corrected chi connectivity index (χ0v) is 14.3. The Hall–Kier alpha value is -1.77. The standard InChI is InChI=1S/C19H26O3/c1-6-16(20)19(17(21)7-2,18(22)8-3)12-15-11-13(4)9-10-14(15)5/h9-11H,6-8,12H2,1-5H3. The maximum absolute atomic E-state index is 12.6. The molecule has 0 saturated heterocycles. The number of rotatable bonds is 8. The Balaban J connectivity index is 3.48. The van der Waals surface area contributed by atoms with Crippen LogP contribution >= 0.6 is 0 Å². The van der Waals surface area contributed by atoms with Crippen LogP contribution in [0.2, 0.25) is 0 Å². The summed E-state index contributed by atoms with van der Waals surface area (Å²) in [6, 6.07) is 5.93. The molecule has 1 aromatic carbocycles. The number of Topliss-reactive ketones (excluding diaryl/α,β-unsaturated/α-hetero) is 3. The normalized spacial score (nSPS) is 11.3. The molecule has 3 heteroatoms. The Morgan fingerprint density at radius 2 is 1.32 bits per heavy atom. The molecule has 0 aliphatic heterocycles. The number of carbonyl (C=O) groups is 3. The van der Waals surface area contributed by atoms with E-state index >= 15 is 0 Å². The van der Waals surface area contributed by atoms with Crippen molar-refractivity contribution < 1.29 is 14.4 Å². The maximum Gasteiger partial charge on any atom is 0.153 e. The van der Waals surface area contributed by atoms with Gasteiger partial charge in [0.15, 0.2) is 17.3 Å². The summed E-state index contributed by atoms with van der Waals surface area (Å²) in [7, 11) is 0. The second kappa shape index (κ2) is 7.48. The first kappa shape index (κ1) is 18.3. The smallest absolute Gasteiger partial charge is 0.153 e. The highest BCUT2D eigenvalue weighted by Gasteiger charge is 2.48. The van der Waals surface area contributed by atoms with Gasteiger partial charge in [0.1, 0.15) is 5.41 Å². The van der Waals surface area contributed by atoms with E-state index in [9.17, 15) is 14.4 Å². The number of benzene rings is 1. The number of hydrogen-bond donors (Lipinski definition) is 0. The molecule has 0 atom stereocenters. The summed E-state index contributed by atoms with van der Waals surface area (Å²) in [4.78, 5) is 37.8. The number of hydrogen-bond acceptors (Lipinski definition) is 3. The van der Waals surface area contributed by atoms with E-state index in [0.29, 0.717) is 0 Å². The van der Waals surface area contributed by atoms with Crippen LogP contribution in [-0.4, -0.2) is 17.3 Å². The van der Waals surface area contributed by atoms with Crippen molar-refractivity contribution in [3.05, 3.63) is 34.9 Å². The summed E-state index contributed by atoms with van der Waals surface area (Å²) in [5.41, 5.74) is 1.47. The van der Waals surface area contributed by atoms with Crippen molar-refractivity contribution in [2.24, 2.45) is 5.41 Å². The number of ketones is 3. The Morgan fingerprint density at radius 3 is 1.73 bits per heavy atom. The van der Waals surface area contributed by atoms with E-state index in [4.69, 9.17) is 0 Å². The van der Waals surface area contributed by atoms with E-state index in [1.165, 1.54) is 0 Å². The number of aryl methyl sites for hydroxylation is 2. The van der Waals surface area contributed by atoms with Crippen molar-refractivity contribution >= 4 is 17.3 Å². The van der Waals surface area contributed by atoms with Crippen molar-refractivity contribution in [2.75, 3.05) is 0 Å². The Kier molecular flexibility index (Phi) is 6.21. The quantitative estimate of drug-likeness (QED) is 0.687. The van der Waals surface area contributed by atoms with Crippen LogP contribution in [0.25, 0.3) is 0 Å². The summed E-state index contributed by atoms with van der Waals surface area (Å²) in [5.74, 6) is -0.772.